The summed E-state index contributed by atoms with van der Waals surface area (Å²) in [4.78, 5) is 16.5. The average Bonchev–Trinajstić information content (AvgIpc) is 2.63. The van der Waals surface area contributed by atoms with Crippen molar-refractivity contribution in [3.63, 3.8) is 0 Å². The fourth-order valence-corrected chi connectivity index (χ4v) is 3.51. The molecule has 1 heterocycles. The second-order valence-corrected chi connectivity index (χ2v) is 6.99. The van der Waals surface area contributed by atoms with E-state index in [0.29, 0.717) is 11.6 Å². The number of hydrogen-bond donors (Lipinski definition) is 2. The fraction of sp³-hybridized carbons (Fsp3) is 0.467. The Hall–Kier alpha value is -1.40. The van der Waals surface area contributed by atoms with Crippen LogP contribution in [-0.4, -0.2) is 27.0 Å². The van der Waals surface area contributed by atoms with Crippen molar-refractivity contribution in [2.45, 2.75) is 44.1 Å². The third-order valence-corrected chi connectivity index (χ3v) is 4.57. The van der Waals surface area contributed by atoms with E-state index in [0.717, 1.165) is 5.56 Å². The van der Waals surface area contributed by atoms with E-state index in [1.807, 2.05) is 6.92 Å². The van der Waals surface area contributed by atoms with Gasteiger partial charge in [0.2, 0.25) is 5.91 Å². The Morgan fingerprint density at radius 1 is 1.38 bits per heavy atom. The molecule has 114 valence electrons. The van der Waals surface area contributed by atoms with Gasteiger partial charge in [-0.3, -0.25) is 9.79 Å². The molecular weight excluding hydrogens is 291 g/mol. The molecule has 2 unspecified atom stereocenters. The normalized spacial score (nSPS) is 26.7. The van der Waals surface area contributed by atoms with E-state index in [9.17, 15) is 14.3 Å². The zero-order valence-electron chi connectivity index (χ0n) is 12.3. The standard InChI is InChI=1S/C15H19FN2O2S/c1-9(19)8-15(3)13(20)18-14(21-15)17-10(2)11-4-6-12(16)7-5-11/h4-7,9-10,19H,8H2,1-3H3,(H,17,18,20)/t9?,10-,15?/m0/s1. The van der Waals surface area contributed by atoms with Gasteiger partial charge in [-0.25, -0.2) is 4.39 Å². The van der Waals surface area contributed by atoms with Crippen molar-refractivity contribution < 1.29 is 14.3 Å². The van der Waals surface area contributed by atoms with Crippen molar-refractivity contribution in [1.82, 2.24) is 5.32 Å². The number of rotatable bonds is 4. The minimum Gasteiger partial charge on any atom is -0.393 e. The molecular formula is C15H19FN2O2S. The van der Waals surface area contributed by atoms with Crippen LogP contribution in [0.2, 0.25) is 0 Å². The van der Waals surface area contributed by atoms with E-state index < -0.39 is 10.9 Å². The number of nitrogens with one attached hydrogen (secondary N) is 1. The second-order valence-electron chi connectivity index (χ2n) is 5.50. The van der Waals surface area contributed by atoms with Crippen molar-refractivity contribution in [2.75, 3.05) is 0 Å². The summed E-state index contributed by atoms with van der Waals surface area (Å²) in [6, 6.07) is 5.97. The molecule has 1 aromatic carbocycles. The van der Waals surface area contributed by atoms with E-state index in [2.05, 4.69) is 10.3 Å². The first kappa shape index (κ1) is 16.0. The highest BCUT2D eigenvalue weighted by Crippen LogP contribution is 2.36. The molecule has 6 heteroatoms. The first-order valence-electron chi connectivity index (χ1n) is 6.82. The molecule has 1 saturated heterocycles. The van der Waals surface area contributed by atoms with Crippen molar-refractivity contribution in [1.29, 1.82) is 0 Å². The second kappa shape index (κ2) is 6.15. The molecule has 0 aliphatic carbocycles. The number of benzene rings is 1. The number of hydrogen-bond acceptors (Lipinski definition) is 4. The predicted octanol–water partition coefficient (Wildman–Crippen LogP) is 2.64. The molecule has 0 aromatic heterocycles. The lowest BCUT2D eigenvalue weighted by Gasteiger charge is -2.19. The Morgan fingerprint density at radius 2 is 2.00 bits per heavy atom. The van der Waals surface area contributed by atoms with Gasteiger partial charge in [0, 0.05) is 0 Å². The van der Waals surface area contributed by atoms with Crippen LogP contribution in [0.5, 0.6) is 0 Å². The maximum atomic E-state index is 12.9. The molecule has 2 N–H and O–H groups in total. The SMILES string of the molecule is CC(O)CC1(C)SC(=N[C@@H](C)c2ccc(F)cc2)NC1=O. The van der Waals surface area contributed by atoms with Crippen LogP contribution in [0, 0.1) is 5.82 Å². The van der Waals surface area contributed by atoms with E-state index >= 15 is 0 Å². The molecule has 0 bridgehead atoms. The van der Waals surface area contributed by atoms with Crippen LogP contribution in [0.3, 0.4) is 0 Å². The van der Waals surface area contributed by atoms with Gasteiger partial charge in [-0.1, -0.05) is 23.9 Å². The van der Waals surface area contributed by atoms with Gasteiger partial charge in [-0.2, -0.15) is 0 Å². The minimum atomic E-state index is -0.699. The number of carbonyl (C=O) groups is 1. The third kappa shape index (κ3) is 3.83. The molecule has 1 amide bonds. The Balaban J connectivity index is 2.12. The number of amides is 1. The molecule has 2 rings (SSSR count). The number of thioether (sulfide) groups is 1. The van der Waals surface area contributed by atoms with Crippen LogP contribution in [0.25, 0.3) is 0 Å². The average molecular weight is 310 g/mol. The van der Waals surface area contributed by atoms with Gasteiger partial charge in [0.1, 0.15) is 10.6 Å². The molecule has 3 atom stereocenters. The molecule has 0 radical (unpaired) electrons. The number of carbonyl (C=O) groups excluding carboxylic acids is 1. The van der Waals surface area contributed by atoms with Crippen LogP contribution in [-0.2, 0) is 4.79 Å². The van der Waals surface area contributed by atoms with Crippen LogP contribution in [0.4, 0.5) is 4.39 Å². The lowest BCUT2D eigenvalue weighted by molar-refractivity contribution is -0.121. The van der Waals surface area contributed by atoms with Crippen molar-refractivity contribution in [2.24, 2.45) is 4.99 Å². The highest BCUT2D eigenvalue weighted by atomic mass is 32.2. The summed E-state index contributed by atoms with van der Waals surface area (Å²) in [5.41, 5.74) is 0.878. The van der Waals surface area contributed by atoms with Crippen molar-refractivity contribution >= 4 is 22.8 Å². The van der Waals surface area contributed by atoms with E-state index in [-0.39, 0.29) is 17.8 Å². The predicted molar refractivity (Wildman–Crippen MR) is 82.7 cm³/mol. The van der Waals surface area contributed by atoms with Crippen LogP contribution in [0.1, 0.15) is 38.8 Å². The van der Waals surface area contributed by atoms with Gasteiger partial charge < -0.3 is 10.4 Å². The maximum Gasteiger partial charge on any atom is 0.242 e. The molecule has 21 heavy (non-hydrogen) atoms. The quantitative estimate of drug-likeness (QED) is 0.898. The maximum absolute atomic E-state index is 12.9. The van der Waals surface area contributed by atoms with Gasteiger partial charge in [-0.05, 0) is 44.9 Å². The summed E-state index contributed by atoms with van der Waals surface area (Å²) in [5, 5.41) is 12.8. The zero-order chi connectivity index (χ0) is 15.6. The third-order valence-electron chi connectivity index (χ3n) is 3.37. The Labute approximate surface area is 127 Å². The number of aliphatic hydroxyl groups excluding tert-OH is 1. The highest BCUT2D eigenvalue weighted by molar-refractivity contribution is 8.16. The summed E-state index contributed by atoms with van der Waals surface area (Å²) >= 11 is 1.33. The topological polar surface area (TPSA) is 61.7 Å². The van der Waals surface area contributed by atoms with Crippen LogP contribution < -0.4 is 5.32 Å². The van der Waals surface area contributed by atoms with Crippen molar-refractivity contribution in [3.8, 4) is 0 Å². The molecule has 1 aromatic rings. The largest absolute Gasteiger partial charge is 0.393 e. The fourth-order valence-electron chi connectivity index (χ4n) is 2.26. The number of nitrogens with zero attached hydrogens (tertiary/aromatic N) is 1. The van der Waals surface area contributed by atoms with E-state index in [4.69, 9.17) is 0 Å². The summed E-state index contributed by atoms with van der Waals surface area (Å²) in [6.45, 7) is 5.34. The van der Waals surface area contributed by atoms with Gasteiger partial charge in [0.05, 0.1) is 12.1 Å². The van der Waals surface area contributed by atoms with Gasteiger partial charge in [-0.15, -0.1) is 0 Å². The summed E-state index contributed by atoms with van der Waals surface area (Å²) < 4.78 is 12.2. The number of aliphatic hydroxyl groups is 1. The van der Waals surface area contributed by atoms with Crippen LogP contribution >= 0.6 is 11.8 Å². The van der Waals surface area contributed by atoms with Crippen molar-refractivity contribution in [3.05, 3.63) is 35.6 Å². The van der Waals surface area contributed by atoms with E-state index in [1.54, 1.807) is 26.0 Å². The van der Waals surface area contributed by atoms with Gasteiger partial charge in [0.15, 0.2) is 5.17 Å². The Kier molecular flexibility index (Phi) is 4.68. The van der Waals surface area contributed by atoms with E-state index in [1.165, 1.54) is 23.9 Å². The Bertz CT molecular complexity index is 559. The summed E-state index contributed by atoms with van der Waals surface area (Å²) in [6.07, 6.45) is -0.185. The smallest absolute Gasteiger partial charge is 0.242 e. The lowest BCUT2D eigenvalue weighted by Crippen LogP contribution is -2.36. The molecule has 4 nitrogen and oxygen atoms in total. The summed E-state index contributed by atoms with van der Waals surface area (Å²) in [5.74, 6) is -0.426. The highest BCUT2D eigenvalue weighted by Gasteiger charge is 2.43. The Morgan fingerprint density at radius 3 is 2.57 bits per heavy atom. The molecule has 0 spiro atoms. The van der Waals surface area contributed by atoms with Crippen LogP contribution in [0.15, 0.2) is 29.3 Å². The number of amidine groups is 1. The monoisotopic (exact) mass is 310 g/mol. The summed E-state index contributed by atoms with van der Waals surface area (Å²) in [7, 11) is 0. The lowest BCUT2D eigenvalue weighted by atomic mass is 10.0. The first-order valence-corrected chi connectivity index (χ1v) is 7.63. The number of halogens is 1. The number of aliphatic imine (C=N–C) groups is 1. The molecule has 1 fully saturated rings. The molecule has 1 aliphatic heterocycles. The first-order chi connectivity index (χ1) is 9.80. The molecule has 1 aliphatic rings. The molecule has 0 saturated carbocycles. The van der Waals surface area contributed by atoms with Gasteiger partial charge in [0.25, 0.3) is 0 Å². The minimum absolute atomic E-state index is 0.140. The zero-order valence-corrected chi connectivity index (χ0v) is 13.1. The van der Waals surface area contributed by atoms with Gasteiger partial charge >= 0.3 is 0 Å².